The molecule has 1 N–H and O–H groups in total. The fraction of sp³-hybridized carbons (Fsp3) is 0.222. The Kier molecular flexibility index (Phi) is 7.22. The summed E-state index contributed by atoms with van der Waals surface area (Å²) in [5.74, 6) is -1.04. The lowest BCUT2D eigenvalue weighted by Crippen LogP contribution is -2.31. The monoisotopic (exact) mass is 365 g/mol. The first-order chi connectivity index (χ1) is 12.0. The molecule has 0 aliphatic heterocycles. The molecule has 0 aliphatic rings. The lowest BCUT2D eigenvalue weighted by Gasteiger charge is -2.08. The molecule has 0 aromatic heterocycles. The third-order valence-electron chi connectivity index (χ3n) is 3.20. The molecule has 2 rings (SSSR count). The summed E-state index contributed by atoms with van der Waals surface area (Å²) in [4.78, 5) is 23.2. The Hall–Kier alpha value is -2.60. The van der Waals surface area contributed by atoms with Crippen molar-refractivity contribution in [1.82, 2.24) is 5.32 Å². The number of benzene rings is 2. The fourth-order valence-electron chi connectivity index (χ4n) is 1.93. The summed E-state index contributed by atoms with van der Waals surface area (Å²) in [6.07, 6.45) is 0.551. The predicted molar refractivity (Wildman–Crippen MR) is 91.0 cm³/mol. The highest BCUT2D eigenvalue weighted by atomic mass is 35.5. The van der Waals surface area contributed by atoms with Crippen LogP contribution in [-0.4, -0.2) is 31.6 Å². The minimum atomic E-state index is -0.673. The number of halogens is 2. The molecule has 132 valence electrons. The Labute approximate surface area is 149 Å². The predicted octanol–water partition coefficient (Wildman–Crippen LogP) is 2.76. The summed E-state index contributed by atoms with van der Waals surface area (Å²) in [5, 5.41) is 3.00. The van der Waals surface area contributed by atoms with Crippen LogP contribution in [0.5, 0.6) is 5.75 Å². The van der Waals surface area contributed by atoms with E-state index in [1.165, 1.54) is 12.1 Å². The Bertz CT molecular complexity index is 721. The van der Waals surface area contributed by atoms with E-state index in [0.717, 1.165) is 5.56 Å². The van der Waals surface area contributed by atoms with Gasteiger partial charge in [0.05, 0.1) is 5.02 Å². The zero-order valence-electron chi connectivity index (χ0n) is 13.3. The van der Waals surface area contributed by atoms with Gasteiger partial charge >= 0.3 is 5.97 Å². The molecule has 0 saturated carbocycles. The average molecular weight is 366 g/mol. The van der Waals surface area contributed by atoms with E-state index < -0.39 is 18.5 Å². The minimum Gasteiger partial charge on any atom is -0.480 e. The highest BCUT2D eigenvalue weighted by molar-refractivity contribution is 6.32. The van der Waals surface area contributed by atoms with Crippen molar-refractivity contribution in [1.29, 1.82) is 0 Å². The van der Waals surface area contributed by atoms with Gasteiger partial charge < -0.3 is 14.8 Å². The number of hydrogen-bond acceptors (Lipinski definition) is 4. The Balaban J connectivity index is 1.61. The highest BCUT2D eigenvalue weighted by Crippen LogP contribution is 2.22. The first-order valence-corrected chi connectivity index (χ1v) is 7.96. The van der Waals surface area contributed by atoms with Crippen molar-refractivity contribution in [3.8, 4) is 5.75 Å². The maximum atomic E-state index is 12.8. The van der Waals surface area contributed by atoms with Crippen molar-refractivity contribution in [2.75, 3.05) is 19.8 Å². The summed E-state index contributed by atoms with van der Waals surface area (Å²) in [6, 6.07) is 12.7. The summed E-state index contributed by atoms with van der Waals surface area (Å²) >= 11 is 5.89. The van der Waals surface area contributed by atoms with Gasteiger partial charge in [-0.3, -0.25) is 4.79 Å². The van der Waals surface area contributed by atoms with E-state index in [2.05, 4.69) is 5.32 Å². The first kappa shape index (κ1) is 18.7. The number of rotatable bonds is 8. The number of carbonyl (C=O) groups is 2. The standard InChI is InChI=1S/C18H17ClFNO4/c19-15-3-1-2-4-16(15)24-12-18(23)25-11-17(22)21-10-9-13-5-7-14(20)8-6-13/h1-8H,9-12H2,(H,21,22). The molecule has 0 atom stereocenters. The number of esters is 1. The third kappa shape index (κ3) is 6.81. The normalized spacial score (nSPS) is 10.2. The van der Waals surface area contributed by atoms with Gasteiger partial charge in [0.2, 0.25) is 0 Å². The van der Waals surface area contributed by atoms with Crippen LogP contribution in [0.25, 0.3) is 0 Å². The van der Waals surface area contributed by atoms with Gasteiger partial charge in [-0.15, -0.1) is 0 Å². The Morgan fingerprint density at radius 3 is 2.48 bits per heavy atom. The molecule has 0 unspecified atom stereocenters. The van der Waals surface area contributed by atoms with Crippen LogP contribution in [0.2, 0.25) is 5.02 Å². The lowest BCUT2D eigenvalue weighted by molar-refractivity contribution is -0.150. The number of para-hydroxylation sites is 1. The van der Waals surface area contributed by atoms with Gasteiger partial charge in [-0.05, 0) is 36.2 Å². The molecule has 0 saturated heterocycles. The number of carbonyl (C=O) groups excluding carboxylic acids is 2. The topological polar surface area (TPSA) is 64.6 Å². The molecule has 0 heterocycles. The van der Waals surface area contributed by atoms with Crippen LogP contribution in [0.15, 0.2) is 48.5 Å². The van der Waals surface area contributed by atoms with E-state index in [-0.39, 0.29) is 12.4 Å². The van der Waals surface area contributed by atoms with E-state index in [1.54, 1.807) is 36.4 Å². The molecule has 2 aromatic rings. The molecular formula is C18H17ClFNO4. The van der Waals surface area contributed by atoms with E-state index >= 15 is 0 Å². The zero-order chi connectivity index (χ0) is 18.1. The second-order valence-corrected chi connectivity index (χ2v) is 5.51. The average Bonchev–Trinajstić information content (AvgIpc) is 2.61. The van der Waals surface area contributed by atoms with E-state index in [9.17, 15) is 14.0 Å². The van der Waals surface area contributed by atoms with Crippen LogP contribution >= 0.6 is 11.6 Å². The van der Waals surface area contributed by atoms with Crippen molar-refractivity contribution in [3.63, 3.8) is 0 Å². The first-order valence-electron chi connectivity index (χ1n) is 7.58. The minimum absolute atomic E-state index is 0.307. The second-order valence-electron chi connectivity index (χ2n) is 5.11. The van der Waals surface area contributed by atoms with Crippen molar-refractivity contribution in [2.24, 2.45) is 0 Å². The van der Waals surface area contributed by atoms with Gasteiger partial charge in [-0.2, -0.15) is 0 Å². The molecule has 0 aliphatic carbocycles. The molecule has 0 fully saturated rings. The maximum Gasteiger partial charge on any atom is 0.344 e. The molecule has 5 nitrogen and oxygen atoms in total. The van der Waals surface area contributed by atoms with Crippen LogP contribution in [0.4, 0.5) is 4.39 Å². The fourth-order valence-corrected chi connectivity index (χ4v) is 2.12. The van der Waals surface area contributed by atoms with Crippen molar-refractivity contribution < 1.29 is 23.5 Å². The van der Waals surface area contributed by atoms with Crippen LogP contribution in [0.3, 0.4) is 0 Å². The Morgan fingerprint density at radius 1 is 1.04 bits per heavy atom. The van der Waals surface area contributed by atoms with Gasteiger partial charge in [0.25, 0.3) is 5.91 Å². The largest absolute Gasteiger partial charge is 0.480 e. The molecule has 0 radical (unpaired) electrons. The van der Waals surface area contributed by atoms with E-state index in [0.29, 0.717) is 23.7 Å². The summed E-state index contributed by atoms with van der Waals surface area (Å²) in [5.41, 5.74) is 0.895. The van der Waals surface area contributed by atoms with Crippen molar-refractivity contribution in [3.05, 3.63) is 64.9 Å². The van der Waals surface area contributed by atoms with Gasteiger partial charge in [-0.25, -0.2) is 9.18 Å². The van der Waals surface area contributed by atoms with Gasteiger partial charge in [-0.1, -0.05) is 35.9 Å². The van der Waals surface area contributed by atoms with E-state index in [4.69, 9.17) is 21.1 Å². The van der Waals surface area contributed by atoms with Crippen LogP contribution in [0, 0.1) is 5.82 Å². The Morgan fingerprint density at radius 2 is 1.76 bits per heavy atom. The maximum absolute atomic E-state index is 12.8. The van der Waals surface area contributed by atoms with Crippen molar-refractivity contribution >= 4 is 23.5 Å². The summed E-state index contributed by atoms with van der Waals surface area (Å²) < 4.78 is 22.8. The number of ether oxygens (including phenoxy) is 2. The summed E-state index contributed by atoms with van der Waals surface area (Å²) in [6.45, 7) is -0.376. The van der Waals surface area contributed by atoms with Gasteiger partial charge in [0.15, 0.2) is 13.2 Å². The molecule has 1 amide bonds. The molecule has 2 aromatic carbocycles. The molecule has 7 heteroatoms. The van der Waals surface area contributed by atoms with Gasteiger partial charge in [0.1, 0.15) is 11.6 Å². The molecule has 0 spiro atoms. The number of amides is 1. The molecule has 25 heavy (non-hydrogen) atoms. The third-order valence-corrected chi connectivity index (χ3v) is 3.51. The summed E-state index contributed by atoms with van der Waals surface area (Å²) in [7, 11) is 0. The van der Waals surface area contributed by atoms with Crippen LogP contribution in [-0.2, 0) is 20.7 Å². The quantitative estimate of drug-likeness (QED) is 0.731. The lowest BCUT2D eigenvalue weighted by atomic mass is 10.1. The van der Waals surface area contributed by atoms with Crippen molar-refractivity contribution in [2.45, 2.75) is 6.42 Å². The number of nitrogens with one attached hydrogen (secondary N) is 1. The SMILES string of the molecule is O=C(COC(=O)COc1ccccc1Cl)NCCc1ccc(F)cc1. The van der Waals surface area contributed by atoms with Crippen LogP contribution < -0.4 is 10.1 Å². The van der Waals surface area contributed by atoms with Crippen LogP contribution in [0.1, 0.15) is 5.56 Å². The smallest absolute Gasteiger partial charge is 0.344 e. The van der Waals surface area contributed by atoms with Gasteiger partial charge in [0, 0.05) is 6.54 Å². The molecule has 0 bridgehead atoms. The second kappa shape index (κ2) is 9.64. The molecular weight excluding hydrogens is 349 g/mol. The number of hydrogen-bond donors (Lipinski definition) is 1. The zero-order valence-corrected chi connectivity index (χ0v) is 14.1. The van der Waals surface area contributed by atoms with E-state index in [1.807, 2.05) is 0 Å². The highest BCUT2D eigenvalue weighted by Gasteiger charge is 2.09.